The van der Waals surface area contributed by atoms with Gasteiger partial charge < -0.3 is 14.6 Å². The predicted octanol–water partition coefficient (Wildman–Crippen LogP) is 2.69. The van der Waals surface area contributed by atoms with Crippen molar-refractivity contribution in [2.24, 2.45) is 17.8 Å². The second kappa shape index (κ2) is 5.53. The van der Waals surface area contributed by atoms with Crippen molar-refractivity contribution < 1.29 is 4.74 Å². The van der Waals surface area contributed by atoms with Gasteiger partial charge in [-0.2, -0.15) is 0 Å². The monoisotopic (exact) mass is 263 g/mol. The molecule has 1 N–H and O–H groups in total. The minimum absolute atomic E-state index is 0.735. The lowest BCUT2D eigenvalue weighted by Crippen LogP contribution is -2.22. The van der Waals surface area contributed by atoms with Crippen LogP contribution in [0.4, 0.5) is 5.95 Å². The van der Waals surface area contributed by atoms with E-state index in [0.29, 0.717) is 0 Å². The van der Waals surface area contributed by atoms with Gasteiger partial charge in [0.05, 0.1) is 12.3 Å². The average Bonchev–Trinajstić information content (AvgIpc) is 3.09. The molecule has 2 aliphatic rings. The van der Waals surface area contributed by atoms with Gasteiger partial charge in [-0.25, -0.2) is 4.98 Å². The first kappa shape index (κ1) is 13.0. The standard InChI is InChI=1S/C15H25N3O/c1-11-10-18(5-6-19-2)15(17-11)16-9-14-8-12-3-4-13(14)7-12/h10,12-14H,3-9H2,1-2H3,(H,16,17). The summed E-state index contributed by atoms with van der Waals surface area (Å²) < 4.78 is 7.32. The Labute approximate surface area is 115 Å². The smallest absolute Gasteiger partial charge is 0.203 e. The Kier molecular flexibility index (Phi) is 3.78. The molecule has 0 amide bonds. The Morgan fingerprint density at radius 1 is 1.42 bits per heavy atom. The third kappa shape index (κ3) is 2.78. The van der Waals surface area contributed by atoms with Crippen molar-refractivity contribution in [3.8, 4) is 0 Å². The van der Waals surface area contributed by atoms with E-state index in [1.165, 1.54) is 25.7 Å². The molecular formula is C15H25N3O. The van der Waals surface area contributed by atoms with Crippen LogP contribution in [0.2, 0.25) is 0 Å². The van der Waals surface area contributed by atoms with Gasteiger partial charge in [-0.3, -0.25) is 0 Å². The Morgan fingerprint density at radius 2 is 2.32 bits per heavy atom. The van der Waals surface area contributed by atoms with E-state index in [4.69, 9.17) is 4.74 Å². The van der Waals surface area contributed by atoms with Crippen molar-refractivity contribution >= 4 is 5.95 Å². The molecule has 1 heterocycles. The molecule has 1 aromatic heterocycles. The van der Waals surface area contributed by atoms with Crippen molar-refractivity contribution in [1.82, 2.24) is 9.55 Å². The third-order valence-corrected chi connectivity index (χ3v) is 4.84. The SMILES string of the molecule is COCCn1cc(C)nc1NCC1CC2CCC1C2. The lowest BCUT2D eigenvalue weighted by Gasteiger charge is -2.22. The molecule has 0 saturated heterocycles. The number of anilines is 1. The topological polar surface area (TPSA) is 39.1 Å². The number of hydrogen-bond donors (Lipinski definition) is 1. The van der Waals surface area contributed by atoms with Gasteiger partial charge >= 0.3 is 0 Å². The highest BCUT2D eigenvalue weighted by Gasteiger charge is 2.39. The van der Waals surface area contributed by atoms with Gasteiger partial charge in [0.2, 0.25) is 5.95 Å². The van der Waals surface area contributed by atoms with E-state index in [9.17, 15) is 0 Å². The molecule has 4 nitrogen and oxygen atoms in total. The van der Waals surface area contributed by atoms with E-state index < -0.39 is 0 Å². The summed E-state index contributed by atoms with van der Waals surface area (Å²) in [5.74, 6) is 3.87. The number of aromatic nitrogens is 2. The highest BCUT2D eigenvalue weighted by molar-refractivity contribution is 5.29. The molecule has 106 valence electrons. The summed E-state index contributed by atoms with van der Waals surface area (Å²) in [7, 11) is 1.74. The van der Waals surface area contributed by atoms with Gasteiger partial charge in [-0.15, -0.1) is 0 Å². The minimum Gasteiger partial charge on any atom is -0.383 e. The fourth-order valence-electron chi connectivity index (χ4n) is 3.90. The van der Waals surface area contributed by atoms with Crippen molar-refractivity contribution in [2.75, 3.05) is 25.6 Å². The van der Waals surface area contributed by atoms with E-state index in [2.05, 4.69) is 21.1 Å². The summed E-state index contributed by atoms with van der Waals surface area (Å²) in [6, 6.07) is 0. The summed E-state index contributed by atoms with van der Waals surface area (Å²) in [5.41, 5.74) is 1.08. The van der Waals surface area contributed by atoms with Crippen LogP contribution < -0.4 is 5.32 Å². The first-order valence-electron chi connectivity index (χ1n) is 7.53. The van der Waals surface area contributed by atoms with E-state index >= 15 is 0 Å². The maximum absolute atomic E-state index is 5.15. The van der Waals surface area contributed by atoms with Crippen molar-refractivity contribution in [3.63, 3.8) is 0 Å². The molecule has 4 heteroatoms. The molecule has 0 radical (unpaired) electrons. The van der Waals surface area contributed by atoms with Crippen LogP contribution in [0.25, 0.3) is 0 Å². The number of methoxy groups -OCH3 is 1. The molecule has 2 bridgehead atoms. The number of nitrogens with one attached hydrogen (secondary N) is 1. The molecule has 0 spiro atoms. The van der Waals surface area contributed by atoms with Crippen LogP contribution in [0, 0.1) is 24.7 Å². The Hall–Kier alpha value is -1.03. The zero-order valence-electron chi connectivity index (χ0n) is 12.1. The number of imidazole rings is 1. The highest BCUT2D eigenvalue weighted by atomic mass is 16.5. The summed E-state index contributed by atoms with van der Waals surface area (Å²) in [4.78, 5) is 4.58. The Bertz CT molecular complexity index is 429. The summed E-state index contributed by atoms with van der Waals surface area (Å²) in [6.45, 7) is 4.74. The number of rotatable bonds is 6. The van der Waals surface area contributed by atoms with Gasteiger partial charge in [0.15, 0.2) is 0 Å². The lowest BCUT2D eigenvalue weighted by atomic mass is 9.89. The Balaban J connectivity index is 1.57. The second-order valence-corrected chi connectivity index (χ2v) is 6.21. The zero-order chi connectivity index (χ0) is 13.2. The fourth-order valence-corrected chi connectivity index (χ4v) is 3.90. The van der Waals surface area contributed by atoms with Crippen LogP contribution in [0.1, 0.15) is 31.4 Å². The van der Waals surface area contributed by atoms with Crippen molar-refractivity contribution in [1.29, 1.82) is 0 Å². The molecule has 3 unspecified atom stereocenters. The van der Waals surface area contributed by atoms with Crippen molar-refractivity contribution in [3.05, 3.63) is 11.9 Å². The van der Waals surface area contributed by atoms with E-state index in [1.807, 2.05) is 6.92 Å². The van der Waals surface area contributed by atoms with Crippen LogP contribution in [0.15, 0.2) is 6.20 Å². The van der Waals surface area contributed by atoms with Crippen molar-refractivity contribution in [2.45, 2.75) is 39.2 Å². The molecule has 2 fully saturated rings. The molecule has 0 aliphatic heterocycles. The molecule has 1 aromatic rings. The number of ether oxygens (including phenoxy) is 1. The van der Waals surface area contributed by atoms with E-state index in [1.54, 1.807) is 7.11 Å². The van der Waals surface area contributed by atoms with E-state index in [0.717, 1.165) is 49.1 Å². The van der Waals surface area contributed by atoms with Crippen LogP contribution >= 0.6 is 0 Å². The molecule has 2 saturated carbocycles. The van der Waals surface area contributed by atoms with Gasteiger partial charge in [0, 0.05) is 26.4 Å². The number of fused-ring (bicyclic) bond motifs is 2. The number of aryl methyl sites for hydroxylation is 1. The van der Waals surface area contributed by atoms with Gasteiger partial charge in [-0.1, -0.05) is 6.42 Å². The first-order valence-corrected chi connectivity index (χ1v) is 7.53. The highest BCUT2D eigenvalue weighted by Crippen LogP contribution is 2.48. The van der Waals surface area contributed by atoms with Gasteiger partial charge in [0.1, 0.15) is 0 Å². The molecule has 3 rings (SSSR count). The van der Waals surface area contributed by atoms with Crippen LogP contribution in [-0.2, 0) is 11.3 Å². The molecule has 2 aliphatic carbocycles. The normalized spacial score (nSPS) is 29.1. The van der Waals surface area contributed by atoms with Crippen LogP contribution in [-0.4, -0.2) is 29.8 Å². The first-order chi connectivity index (χ1) is 9.26. The number of hydrogen-bond acceptors (Lipinski definition) is 3. The zero-order valence-corrected chi connectivity index (χ0v) is 12.1. The minimum atomic E-state index is 0.735. The predicted molar refractivity (Wildman–Crippen MR) is 76.3 cm³/mol. The maximum Gasteiger partial charge on any atom is 0.203 e. The van der Waals surface area contributed by atoms with Gasteiger partial charge in [0.25, 0.3) is 0 Å². The fraction of sp³-hybridized carbons (Fsp3) is 0.800. The average molecular weight is 263 g/mol. The second-order valence-electron chi connectivity index (χ2n) is 6.21. The summed E-state index contributed by atoms with van der Waals surface area (Å²) >= 11 is 0. The molecule has 0 aromatic carbocycles. The maximum atomic E-state index is 5.15. The summed E-state index contributed by atoms with van der Waals surface area (Å²) in [6.07, 6.45) is 7.93. The van der Waals surface area contributed by atoms with Gasteiger partial charge in [-0.05, 0) is 43.9 Å². The third-order valence-electron chi connectivity index (χ3n) is 4.84. The molecular weight excluding hydrogens is 238 g/mol. The largest absolute Gasteiger partial charge is 0.383 e. The Morgan fingerprint density at radius 3 is 3.00 bits per heavy atom. The molecule has 19 heavy (non-hydrogen) atoms. The summed E-state index contributed by atoms with van der Waals surface area (Å²) in [5, 5.41) is 3.57. The lowest BCUT2D eigenvalue weighted by molar-refractivity contribution is 0.187. The quantitative estimate of drug-likeness (QED) is 0.857. The molecule has 3 atom stereocenters. The van der Waals surface area contributed by atoms with E-state index in [-0.39, 0.29) is 0 Å². The number of nitrogens with zero attached hydrogens (tertiary/aromatic N) is 2. The van der Waals surface area contributed by atoms with Crippen LogP contribution in [0.3, 0.4) is 0 Å². The van der Waals surface area contributed by atoms with Crippen LogP contribution in [0.5, 0.6) is 0 Å².